The fraction of sp³-hybridized carbons (Fsp3) is 0.211. The topological polar surface area (TPSA) is 130 Å². The molecule has 152 valence electrons. The highest BCUT2D eigenvalue weighted by Crippen LogP contribution is 2.34. The number of carbonyl (C=O) groups excluding carboxylic acids is 2. The van der Waals surface area contributed by atoms with Gasteiger partial charge in [-0.2, -0.15) is 0 Å². The van der Waals surface area contributed by atoms with Gasteiger partial charge >= 0.3 is 5.97 Å². The Kier molecular flexibility index (Phi) is 5.29. The molecule has 10 heteroatoms. The van der Waals surface area contributed by atoms with Gasteiger partial charge in [0.1, 0.15) is 12.3 Å². The zero-order chi connectivity index (χ0) is 21.3. The van der Waals surface area contributed by atoms with Crippen molar-refractivity contribution in [3.63, 3.8) is 0 Å². The average molecular weight is 418 g/mol. The zero-order valence-corrected chi connectivity index (χ0v) is 16.4. The number of amides is 2. The molecular formula is C19H18N2O7S. The van der Waals surface area contributed by atoms with E-state index < -0.39 is 40.5 Å². The van der Waals surface area contributed by atoms with Crippen LogP contribution < -0.4 is 14.4 Å². The summed E-state index contributed by atoms with van der Waals surface area (Å²) in [7, 11) is -4.10. The Balaban J connectivity index is 1.83. The number of benzene rings is 2. The quantitative estimate of drug-likeness (QED) is 0.749. The van der Waals surface area contributed by atoms with Crippen molar-refractivity contribution in [3.8, 4) is 5.75 Å². The molecule has 2 aromatic carbocycles. The second-order valence-corrected chi connectivity index (χ2v) is 8.20. The summed E-state index contributed by atoms with van der Waals surface area (Å²) in [6.45, 7) is 2.68. The van der Waals surface area contributed by atoms with Crippen LogP contribution in [-0.4, -0.2) is 44.0 Å². The van der Waals surface area contributed by atoms with Gasteiger partial charge < -0.3 is 9.84 Å². The summed E-state index contributed by atoms with van der Waals surface area (Å²) in [6.07, 6.45) is -0.965. The van der Waals surface area contributed by atoms with Crippen molar-refractivity contribution in [2.45, 2.75) is 24.8 Å². The van der Waals surface area contributed by atoms with Crippen LogP contribution >= 0.6 is 0 Å². The second-order valence-electron chi connectivity index (χ2n) is 6.51. The molecular weight excluding hydrogens is 400 g/mol. The number of fused-ring (bicyclic) bond motifs is 1. The number of aromatic carboxylic acids is 1. The molecule has 1 unspecified atom stereocenters. The minimum absolute atomic E-state index is 0.0448. The molecule has 1 atom stereocenters. The predicted molar refractivity (Wildman–Crippen MR) is 102 cm³/mol. The van der Waals surface area contributed by atoms with E-state index in [4.69, 9.17) is 9.84 Å². The monoisotopic (exact) mass is 418 g/mol. The number of anilines is 1. The Morgan fingerprint density at radius 1 is 1.17 bits per heavy atom. The first-order chi connectivity index (χ1) is 13.6. The van der Waals surface area contributed by atoms with Crippen LogP contribution in [0, 0.1) is 6.92 Å². The van der Waals surface area contributed by atoms with Crippen molar-refractivity contribution in [3.05, 3.63) is 53.6 Å². The molecule has 29 heavy (non-hydrogen) atoms. The molecule has 2 amide bonds. The molecule has 0 saturated carbocycles. The van der Waals surface area contributed by atoms with Gasteiger partial charge in [0.25, 0.3) is 21.8 Å². The Morgan fingerprint density at radius 3 is 2.45 bits per heavy atom. The van der Waals surface area contributed by atoms with Gasteiger partial charge in [0, 0.05) is 0 Å². The number of sulfonamides is 1. The van der Waals surface area contributed by atoms with Crippen LogP contribution in [0.25, 0.3) is 0 Å². The van der Waals surface area contributed by atoms with Crippen LogP contribution in [0.5, 0.6) is 5.75 Å². The van der Waals surface area contributed by atoms with E-state index in [-0.39, 0.29) is 21.9 Å². The van der Waals surface area contributed by atoms with Gasteiger partial charge in [-0.1, -0.05) is 17.7 Å². The minimum atomic E-state index is -4.10. The summed E-state index contributed by atoms with van der Waals surface area (Å²) in [6, 6.07) is 9.79. The van der Waals surface area contributed by atoms with Crippen LogP contribution in [-0.2, 0) is 19.6 Å². The number of rotatable bonds is 5. The SMILES string of the molecule is Cc1ccc(S(=O)(=O)NC(=O)CN2C(=O)C(C)Oc3cc(C(=O)O)ccc32)cc1. The second kappa shape index (κ2) is 7.55. The van der Waals surface area contributed by atoms with Crippen LogP contribution in [0.15, 0.2) is 47.4 Å². The van der Waals surface area contributed by atoms with E-state index in [9.17, 15) is 22.8 Å². The highest BCUT2D eigenvalue weighted by atomic mass is 32.2. The maximum absolute atomic E-state index is 12.5. The lowest BCUT2D eigenvalue weighted by Gasteiger charge is -2.32. The molecule has 2 aromatic rings. The first kappa shape index (κ1) is 20.3. The summed E-state index contributed by atoms with van der Waals surface area (Å²) in [4.78, 5) is 37.0. The number of carboxylic acids is 1. The Labute approximate surface area is 167 Å². The normalized spacial score (nSPS) is 16.0. The fourth-order valence-corrected chi connectivity index (χ4v) is 3.79. The number of carboxylic acid groups (broad SMARTS) is 1. The molecule has 0 aromatic heterocycles. The summed E-state index contributed by atoms with van der Waals surface area (Å²) < 4.78 is 32.1. The van der Waals surface area contributed by atoms with E-state index in [1.165, 1.54) is 37.3 Å². The molecule has 1 heterocycles. The number of nitrogens with zero attached hydrogens (tertiary/aromatic N) is 1. The van der Waals surface area contributed by atoms with Gasteiger partial charge in [0.2, 0.25) is 0 Å². The largest absolute Gasteiger partial charge is 0.479 e. The number of ether oxygens (including phenoxy) is 1. The van der Waals surface area contributed by atoms with Crippen molar-refractivity contribution in [1.82, 2.24) is 4.72 Å². The van der Waals surface area contributed by atoms with Crippen molar-refractivity contribution in [1.29, 1.82) is 0 Å². The lowest BCUT2D eigenvalue weighted by molar-refractivity contribution is -0.127. The third-order valence-corrected chi connectivity index (χ3v) is 5.69. The standard InChI is InChI=1S/C19H18N2O7S/c1-11-3-6-14(7-4-11)29(26,27)20-17(22)10-21-15-8-5-13(19(24)25)9-16(15)28-12(2)18(21)23/h3-9,12H,10H2,1-2H3,(H,20,22)(H,24,25). The van der Waals surface area contributed by atoms with Crippen LogP contribution in [0.1, 0.15) is 22.8 Å². The van der Waals surface area contributed by atoms with Gasteiger partial charge in [-0.15, -0.1) is 0 Å². The molecule has 9 nitrogen and oxygen atoms in total. The molecule has 0 radical (unpaired) electrons. The first-order valence-corrected chi connectivity index (χ1v) is 10.0. The van der Waals surface area contributed by atoms with E-state index in [0.29, 0.717) is 0 Å². The predicted octanol–water partition coefficient (Wildman–Crippen LogP) is 1.31. The van der Waals surface area contributed by atoms with Crippen molar-refractivity contribution in [2.75, 3.05) is 11.4 Å². The Hall–Kier alpha value is -3.40. The summed E-state index contributed by atoms with van der Waals surface area (Å²) in [5, 5.41) is 9.10. The maximum Gasteiger partial charge on any atom is 0.335 e. The molecule has 2 N–H and O–H groups in total. The summed E-state index contributed by atoms with van der Waals surface area (Å²) in [5.74, 6) is -2.52. The number of hydrogen-bond donors (Lipinski definition) is 2. The molecule has 0 saturated heterocycles. The van der Waals surface area contributed by atoms with Gasteiger partial charge in [-0.3, -0.25) is 14.5 Å². The Bertz CT molecular complexity index is 1090. The number of hydrogen-bond acceptors (Lipinski definition) is 6. The molecule has 1 aliphatic heterocycles. The van der Waals surface area contributed by atoms with Crippen LogP contribution in [0.4, 0.5) is 5.69 Å². The smallest absolute Gasteiger partial charge is 0.335 e. The lowest BCUT2D eigenvalue weighted by atomic mass is 10.1. The maximum atomic E-state index is 12.5. The van der Waals surface area contributed by atoms with E-state index in [1.54, 1.807) is 19.1 Å². The van der Waals surface area contributed by atoms with Gasteiger partial charge in [-0.25, -0.2) is 17.9 Å². The highest BCUT2D eigenvalue weighted by Gasteiger charge is 2.34. The molecule has 0 spiro atoms. The van der Waals surface area contributed by atoms with Gasteiger partial charge in [-0.05, 0) is 44.2 Å². The number of nitrogens with one attached hydrogen (secondary N) is 1. The number of aryl methyl sites for hydroxylation is 1. The fourth-order valence-electron chi connectivity index (χ4n) is 2.81. The summed E-state index contributed by atoms with van der Waals surface area (Å²) >= 11 is 0. The minimum Gasteiger partial charge on any atom is -0.479 e. The molecule has 3 rings (SSSR count). The number of carbonyl (C=O) groups is 3. The van der Waals surface area contributed by atoms with Crippen molar-refractivity contribution >= 4 is 33.5 Å². The lowest BCUT2D eigenvalue weighted by Crippen LogP contribution is -2.49. The van der Waals surface area contributed by atoms with Crippen LogP contribution in [0.2, 0.25) is 0 Å². The van der Waals surface area contributed by atoms with Gasteiger partial charge in [0.05, 0.1) is 16.1 Å². The average Bonchev–Trinajstić information content (AvgIpc) is 2.64. The first-order valence-electron chi connectivity index (χ1n) is 8.56. The van der Waals surface area contributed by atoms with E-state index >= 15 is 0 Å². The molecule has 1 aliphatic rings. The molecule has 0 fully saturated rings. The molecule has 0 aliphatic carbocycles. The Morgan fingerprint density at radius 2 is 1.83 bits per heavy atom. The van der Waals surface area contributed by atoms with E-state index in [0.717, 1.165) is 10.5 Å². The zero-order valence-electron chi connectivity index (χ0n) is 15.6. The highest BCUT2D eigenvalue weighted by molar-refractivity contribution is 7.90. The van der Waals surface area contributed by atoms with E-state index in [1.807, 2.05) is 4.72 Å². The van der Waals surface area contributed by atoms with Crippen molar-refractivity contribution in [2.24, 2.45) is 0 Å². The van der Waals surface area contributed by atoms with Crippen molar-refractivity contribution < 1.29 is 32.6 Å². The third-order valence-electron chi connectivity index (χ3n) is 4.30. The molecule has 0 bridgehead atoms. The van der Waals surface area contributed by atoms with Gasteiger partial charge in [0.15, 0.2) is 6.10 Å². The summed E-state index contributed by atoms with van der Waals surface area (Å²) in [5.41, 5.74) is 0.998. The van der Waals surface area contributed by atoms with Crippen LogP contribution in [0.3, 0.4) is 0 Å². The third kappa shape index (κ3) is 4.21. The van der Waals surface area contributed by atoms with E-state index in [2.05, 4.69) is 0 Å².